The second-order valence-corrected chi connectivity index (χ2v) is 5.63. The van der Waals surface area contributed by atoms with E-state index in [9.17, 15) is 0 Å². The molecule has 2 rings (SSSR count). The molecule has 1 aliphatic heterocycles. The van der Waals surface area contributed by atoms with Gasteiger partial charge in [-0.15, -0.1) is 11.3 Å². The van der Waals surface area contributed by atoms with Crippen molar-refractivity contribution >= 4 is 11.3 Å². The van der Waals surface area contributed by atoms with Crippen molar-refractivity contribution in [3.63, 3.8) is 0 Å². The molecule has 1 unspecified atom stereocenters. The molecule has 0 bridgehead atoms. The Morgan fingerprint density at radius 2 is 2.19 bits per heavy atom. The van der Waals surface area contributed by atoms with Gasteiger partial charge in [0.2, 0.25) is 0 Å². The van der Waals surface area contributed by atoms with E-state index in [0.29, 0.717) is 12.1 Å². The predicted molar refractivity (Wildman–Crippen MR) is 69.1 cm³/mol. The molecule has 1 aromatic rings. The third-order valence-corrected chi connectivity index (χ3v) is 4.58. The van der Waals surface area contributed by atoms with E-state index in [0.717, 1.165) is 32.5 Å². The Balaban J connectivity index is 1.88. The average molecular weight is 239 g/mol. The van der Waals surface area contributed by atoms with Crippen molar-refractivity contribution in [3.8, 4) is 0 Å². The first-order valence-corrected chi connectivity index (χ1v) is 7.03. The summed E-state index contributed by atoms with van der Waals surface area (Å²) in [6.07, 6.45) is 3.45. The highest BCUT2D eigenvalue weighted by Gasteiger charge is 2.17. The number of ether oxygens (including phenoxy) is 1. The van der Waals surface area contributed by atoms with Gasteiger partial charge in [-0.3, -0.25) is 0 Å². The second-order valence-electron chi connectivity index (χ2n) is 4.43. The Labute approximate surface area is 102 Å². The van der Waals surface area contributed by atoms with Crippen LogP contribution in [0.2, 0.25) is 0 Å². The van der Waals surface area contributed by atoms with Gasteiger partial charge in [-0.25, -0.2) is 0 Å². The van der Waals surface area contributed by atoms with Crippen molar-refractivity contribution in [2.24, 2.45) is 0 Å². The molecule has 2 nitrogen and oxygen atoms in total. The minimum atomic E-state index is 0.480. The standard InChI is InChI=1S/C13H21NOS/c1-3-12-4-5-13(16-12)10(2)14-11-6-8-15-9-7-11/h4-5,10-11,14H,3,6-9H2,1-2H3. The third-order valence-electron chi connectivity index (χ3n) is 3.16. The number of rotatable bonds is 4. The molecule has 0 radical (unpaired) electrons. The Kier molecular flexibility index (Phi) is 4.38. The quantitative estimate of drug-likeness (QED) is 0.871. The van der Waals surface area contributed by atoms with E-state index >= 15 is 0 Å². The molecule has 90 valence electrons. The molecule has 1 fully saturated rings. The summed E-state index contributed by atoms with van der Waals surface area (Å²) in [7, 11) is 0. The molecule has 3 heteroatoms. The lowest BCUT2D eigenvalue weighted by Crippen LogP contribution is -2.36. The molecule has 2 heterocycles. The van der Waals surface area contributed by atoms with Crippen LogP contribution in [0.25, 0.3) is 0 Å². The summed E-state index contributed by atoms with van der Waals surface area (Å²) in [4.78, 5) is 2.94. The maximum Gasteiger partial charge on any atom is 0.0480 e. The highest BCUT2D eigenvalue weighted by Crippen LogP contribution is 2.24. The summed E-state index contributed by atoms with van der Waals surface area (Å²) in [5.41, 5.74) is 0. The fourth-order valence-electron chi connectivity index (χ4n) is 2.12. The van der Waals surface area contributed by atoms with Crippen LogP contribution in [0.5, 0.6) is 0 Å². The first-order chi connectivity index (χ1) is 7.79. The van der Waals surface area contributed by atoms with Crippen LogP contribution < -0.4 is 5.32 Å². The fourth-order valence-corrected chi connectivity index (χ4v) is 3.08. The molecule has 0 amide bonds. The molecule has 1 N–H and O–H groups in total. The van der Waals surface area contributed by atoms with Gasteiger partial charge in [-0.2, -0.15) is 0 Å². The Bertz CT molecular complexity index is 317. The van der Waals surface area contributed by atoms with Crippen LogP contribution in [0.1, 0.15) is 42.5 Å². The van der Waals surface area contributed by atoms with Crippen molar-refractivity contribution in [3.05, 3.63) is 21.9 Å². The molecule has 0 saturated carbocycles. The maximum absolute atomic E-state index is 5.37. The zero-order valence-electron chi connectivity index (χ0n) is 10.2. The van der Waals surface area contributed by atoms with Gasteiger partial charge in [0, 0.05) is 35.1 Å². The van der Waals surface area contributed by atoms with E-state index in [-0.39, 0.29) is 0 Å². The SMILES string of the molecule is CCc1ccc(C(C)NC2CCOCC2)s1. The maximum atomic E-state index is 5.37. The highest BCUT2D eigenvalue weighted by molar-refractivity contribution is 7.12. The fraction of sp³-hybridized carbons (Fsp3) is 0.692. The summed E-state index contributed by atoms with van der Waals surface area (Å²) < 4.78 is 5.37. The Morgan fingerprint density at radius 3 is 2.81 bits per heavy atom. The van der Waals surface area contributed by atoms with E-state index in [1.54, 1.807) is 0 Å². The van der Waals surface area contributed by atoms with Gasteiger partial charge < -0.3 is 10.1 Å². The molecule has 16 heavy (non-hydrogen) atoms. The monoisotopic (exact) mass is 239 g/mol. The number of hydrogen-bond acceptors (Lipinski definition) is 3. The zero-order chi connectivity index (χ0) is 11.4. The summed E-state index contributed by atoms with van der Waals surface area (Å²) >= 11 is 1.94. The molecule has 1 atom stereocenters. The smallest absolute Gasteiger partial charge is 0.0480 e. The predicted octanol–water partition coefficient (Wildman–Crippen LogP) is 3.14. The topological polar surface area (TPSA) is 21.3 Å². The van der Waals surface area contributed by atoms with Crippen LogP contribution in [0.4, 0.5) is 0 Å². The van der Waals surface area contributed by atoms with Crippen molar-refractivity contribution < 1.29 is 4.74 Å². The van der Waals surface area contributed by atoms with Gasteiger partial charge >= 0.3 is 0 Å². The Hall–Kier alpha value is -0.380. The number of thiophene rings is 1. The van der Waals surface area contributed by atoms with Gasteiger partial charge in [-0.1, -0.05) is 6.92 Å². The lowest BCUT2D eigenvalue weighted by molar-refractivity contribution is 0.0755. The molecule has 1 aromatic heterocycles. The highest BCUT2D eigenvalue weighted by atomic mass is 32.1. The largest absolute Gasteiger partial charge is 0.381 e. The third kappa shape index (κ3) is 3.06. The van der Waals surface area contributed by atoms with Crippen LogP contribution in [0.15, 0.2) is 12.1 Å². The molecule has 0 aliphatic carbocycles. The zero-order valence-corrected chi connectivity index (χ0v) is 11.0. The summed E-state index contributed by atoms with van der Waals surface area (Å²) in [5, 5.41) is 3.70. The average Bonchev–Trinajstić information content (AvgIpc) is 2.79. The van der Waals surface area contributed by atoms with Crippen LogP contribution in [-0.4, -0.2) is 19.3 Å². The van der Waals surface area contributed by atoms with Crippen molar-refractivity contribution in [1.29, 1.82) is 0 Å². The van der Waals surface area contributed by atoms with Crippen molar-refractivity contribution in [1.82, 2.24) is 5.32 Å². The van der Waals surface area contributed by atoms with E-state index in [4.69, 9.17) is 4.74 Å². The van der Waals surface area contributed by atoms with E-state index in [2.05, 4.69) is 31.3 Å². The number of nitrogens with one attached hydrogen (secondary N) is 1. The molecule has 0 spiro atoms. The molecular formula is C13H21NOS. The van der Waals surface area contributed by atoms with Gasteiger partial charge in [0.1, 0.15) is 0 Å². The second kappa shape index (κ2) is 5.80. The van der Waals surface area contributed by atoms with E-state index < -0.39 is 0 Å². The molecule has 1 saturated heterocycles. The minimum Gasteiger partial charge on any atom is -0.381 e. The lowest BCUT2D eigenvalue weighted by atomic mass is 10.1. The minimum absolute atomic E-state index is 0.480. The Morgan fingerprint density at radius 1 is 1.44 bits per heavy atom. The van der Waals surface area contributed by atoms with Gasteiger partial charge in [0.05, 0.1) is 0 Å². The van der Waals surface area contributed by atoms with Crippen molar-refractivity contribution in [2.45, 2.75) is 45.2 Å². The summed E-state index contributed by atoms with van der Waals surface area (Å²) in [6.45, 7) is 6.30. The molecule has 1 aliphatic rings. The number of hydrogen-bond donors (Lipinski definition) is 1. The normalized spacial score (nSPS) is 19.9. The van der Waals surface area contributed by atoms with Crippen LogP contribution in [0, 0.1) is 0 Å². The summed E-state index contributed by atoms with van der Waals surface area (Å²) in [5.74, 6) is 0. The first kappa shape index (κ1) is 12.1. The van der Waals surface area contributed by atoms with E-state index in [1.807, 2.05) is 11.3 Å². The van der Waals surface area contributed by atoms with Crippen LogP contribution in [-0.2, 0) is 11.2 Å². The molecule has 0 aromatic carbocycles. The molecular weight excluding hydrogens is 218 g/mol. The van der Waals surface area contributed by atoms with Crippen LogP contribution >= 0.6 is 11.3 Å². The van der Waals surface area contributed by atoms with Gasteiger partial charge in [0.25, 0.3) is 0 Å². The lowest BCUT2D eigenvalue weighted by Gasteiger charge is -2.26. The van der Waals surface area contributed by atoms with E-state index in [1.165, 1.54) is 9.75 Å². The summed E-state index contributed by atoms with van der Waals surface area (Å²) in [6, 6.07) is 5.63. The van der Waals surface area contributed by atoms with Gasteiger partial charge in [-0.05, 0) is 38.3 Å². The van der Waals surface area contributed by atoms with Gasteiger partial charge in [0.15, 0.2) is 0 Å². The number of aryl methyl sites for hydroxylation is 1. The van der Waals surface area contributed by atoms with Crippen molar-refractivity contribution in [2.75, 3.05) is 13.2 Å². The van der Waals surface area contributed by atoms with Crippen LogP contribution in [0.3, 0.4) is 0 Å². The first-order valence-electron chi connectivity index (χ1n) is 6.22.